The molecule has 3 aromatic carbocycles. The van der Waals surface area contributed by atoms with E-state index in [-0.39, 0.29) is 24.9 Å². The van der Waals surface area contributed by atoms with Gasteiger partial charge in [0.2, 0.25) is 21.8 Å². The van der Waals surface area contributed by atoms with Gasteiger partial charge in [0.1, 0.15) is 12.6 Å². The highest BCUT2D eigenvalue weighted by atomic mass is 35.5. The molecule has 3 aromatic rings. The maximum absolute atomic E-state index is 14.1. The van der Waals surface area contributed by atoms with Gasteiger partial charge in [0.05, 0.1) is 11.9 Å². The fourth-order valence-corrected chi connectivity index (χ4v) is 5.66. The number of amides is 2. The number of nitrogens with zero attached hydrogens (tertiary/aromatic N) is 2. The van der Waals surface area contributed by atoms with Crippen LogP contribution in [0.25, 0.3) is 0 Å². The number of anilines is 1. The predicted molar refractivity (Wildman–Crippen MR) is 167 cm³/mol. The number of halogens is 2. The molecule has 0 saturated heterocycles. The smallest absolute Gasteiger partial charge is 0.244 e. The highest BCUT2D eigenvalue weighted by Crippen LogP contribution is 2.25. The number of carbonyl (C=O) groups excluding carboxylic acids is 2. The average Bonchev–Trinajstić information content (AvgIpc) is 2.94. The number of hydrogen-bond acceptors (Lipinski definition) is 4. The Morgan fingerprint density at radius 3 is 2.15 bits per heavy atom. The standard InChI is InChI=1S/C31H37Cl2N3O4S/c1-5-22(3)34-31(38)29(18-24-10-8-7-9-11-24)35(20-25-14-15-26(32)19-28(25)33)30(37)21-36(41(4,39)40)27-16-12-23(6-2)13-17-27/h7-17,19,22,29H,5-6,18,20-21H2,1-4H3,(H,34,38)/t22-,29+/m1/s1. The zero-order valence-corrected chi connectivity index (χ0v) is 26.1. The van der Waals surface area contributed by atoms with Crippen molar-refractivity contribution in [3.8, 4) is 0 Å². The van der Waals surface area contributed by atoms with E-state index in [1.165, 1.54) is 4.90 Å². The van der Waals surface area contributed by atoms with E-state index >= 15 is 0 Å². The third-order valence-electron chi connectivity index (χ3n) is 6.94. The predicted octanol–water partition coefficient (Wildman–Crippen LogP) is 5.88. The molecular formula is C31H37Cl2N3O4S. The Balaban J connectivity index is 2.08. The largest absolute Gasteiger partial charge is 0.352 e. The third kappa shape index (κ3) is 9.21. The molecule has 0 radical (unpaired) electrons. The summed E-state index contributed by atoms with van der Waals surface area (Å²) < 4.78 is 26.9. The maximum atomic E-state index is 14.1. The topological polar surface area (TPSA) is 86.8 Å². The van der Waals surface area contributed by atoms with Gasteiger partial charge in [0.25, 0.3) is 0 Å². The van der Waals surface area contributed by atoms with Gasteiger partial charge in [0.15, 0.2) is 0 Å². The zero-order valence-electron chi connectivity index (χ0n) is 23.8. The number of carbonyl (C=O) groups is 2. The van der Waals surface area contributed by atoms with Crippen LogP contribution in [0.2, 0.25) is 10.0 Å². The minimum absolute atomic E-state index is 0.0212. The van der Waals surface area contributed by atoms with Gasteiger partial charge < -0.3 is 10.2 Å². The summed E-state index contributed by atoms with van der Waals surface area (Å²) in [5, 5.41) is 3.78. The van der Waals surface area contributed by atoms with Gasteiger partial charge in [-0.2, -0.15) is 0 Å². The Morgan fingerprint density at radius 1 is 0.927 bits per heavy atom. The molecule has 220 valence electrons. The second-order valence-electron chi connectivity index (χ2n) is 10.1. The quantitative estimate of drug-likeness (QED) is 0.260. The van der Waals surface area contributed by atoms with E-state index in [9.17, 15) is 18.0 Å². The van der Waals surface area contributed by atoms with E-state index in [0.29, 0.717) is 27.7 Å². The summed E-state index contributed by atoms with van der Waals surface area (Å²) in [6, 6.07) is 20.3. The summed E-state index contributed by atoms with van der Waals surface area (Å²) in [6.07, 6.45) is 2.78. The summed E-state index contributed by atoms with van der Waals surface area (Å²) in [7, 11) is -3.84. The van der Waals surface area contributed by atoms with Crippen molar-refractivity contribution in [3.63, 3.8) is 0 Å². The minimum atomic E-state index is -3.84. The van der Waals surface area contributed by atoms with Crippen molar-refractivity contribution in [2.24, 2.45) is 0 Å². The second-order valence-corrected chi connectivity index (χ2v) is 12.8. The number of rotatable bonds is 13. The molecule has 0 aliphatic carbocycles. The van der Waals surface area contributed by atoms with Crippen LogP contribution < -0.4 is 9.62 Å². The van der Waals surface area contributed by atoms with E-state index in [2.05, 4.69) is 5.32 Å². The molecule has 0 aliphatic rings. The number of hydrogen-bond donors (Lipinski definition) is 1. The molecule has 0 heterocycles. The van der Waals surface area contributed by atoms with Gasteiger partial charge in [-0.1, -0.05) is 85.6 Å². The maximum Gasteiger partial charge on any atom is 0.244 e. The van der Waals surface area contributed by atoms with Gasteiger partial charge in [-0.15, -0.1) is 0 Å². The average molecular weight is 619 g/mol. The third-order valence-corrected chi connectivity index (χ3v) is 8.67. The summed E-state index contributed by atoms with van der Waals surface area (Å²) >= 11 is 12.6. The van der Waals surface area contributed by atoms with Crippen LogP contribution in [0.5, 0.6) is 0 Å². The summed E-state index contributed by atoms with van der Waals surface area (Å²) in [4.78, 5) is 29.3. The molecule has 1 N–H and O–H groups in total. The first-order valence-corrected chi connectivity index (χ1v) is 16.2. The van der Waals surface area contributed by atoms with Crippen molar-refractivity contribution in [1.29, 1.82) is 0 Å². The monoisotopic (exact) mass is 617 g/mol. The van der Waals surface area contributed by atoms with Crippen molar-refractivity contribution >= 4 is 50.7 Å². The first-order chi connectivity index (χ1) is 19.4. The van der Waals surface area contributed by atoms with Crippen LogP contribution in [0.4, 0.5) is 5.69 Å². The van der Waals surface area contributed by atoms with Crippen LogP contribution in [0.15, 0.2) is 72.8 Å². The molecule has 2 atom stereocenters. The highest BCUT2D eigenvalue weighted by Gasteiger charge is 2.33. The van der Waals surface area contributed by atoms with Crippen molar-refractivity contribution in [2.75, 3.05) is 17.1 Å². The van der Waals surface area contributed by atoms with Crippen molar-refractivity contribution in [2.45, 2.75) is 58.7 Å². The molecule has 10 heteroatoms. The molecule has 0 unspecified atom stereocenters. The van der Waals surface area contributed by atoms with Crippen LogP contribution in [0, 0.1) is 0 Å². The van der Waals surface area contributed by atoms with Crippen LogP contribution in [-0.2, 0) is 39.0 Å². The number of aryl methyl sites for hydroxylation is 1. The molecular weight excluding hydrogens is 581 g/mol. The minimum Gasteiger partial charge on any atom is -0.352 e. The Bertz CT molecular complexity index is 1430. The number of sulfonamides is 1. The van der Waals surface area contributed by atoms with Gasteiger partial charge in [0, 0.05) is 29.1 Å². The molecule has 3 rings (SSSR count). The van der Waals surface area contributed by atoms with E-state index in [1.807, 2.05) is 63.2 Å². The molecule has 0 aliphatic heterocycles. The number of nitrogens with one attached hydrogen (secondary N) is 1. The van der Waals surface area contributed by atoms with Gasteiger partial charge in [-0.3, -0.25) is 13.9 Å². The lowest BCUT2D eigenvalue weighted by molar-refractivity contribution is -0.140. The van der Waals surface area contributed by atoms with Crippen molar-refractivity contribution in [1.82, 2.24) is 10.2 Å². The molecule has 7 nitrogen and oxygen atoms in total. The summed E-state index contributed by atoms with van der Waals surface area (Å²) in [5.41, 5.74) is 2.84. The van der Waals surface area contributed by atoms with Crippen LogP contribution >= 0.6 is 23.2 Å². The van der Waals surface area contributed by atoms with Crippen LogP contribution in [-0.4, -0.2) is 50.0 Å². The molecule has 0 spiro atoms. The Labute approximate surface area is 253 Å². The van der Waals surface area contributed by atoms with E-state index in [4.69, 9.17) is 23.2 Å². The lowest BCUT2D eigenvalue weighted by atomic mass is 10.0. The molecule has 0 saturated carbocycles. The van der Waals surface area contributed by atoms with Crippen LogP contribution in [0.1, 0.15) is 43.9 Å². The SMILES string of the molecule is CCc1ccc(N(CC(=O)N(Cc2ccc(Cl)cc2Cl)[C@@H](Cc2ccccc2)C(=O)N[C@H](C)CC)S(C)(=O)=O)cc1. The van der Waals surface area contributed by atoms with Crippen molar-refractivity contribution in [3.05, 3.63) is 99.5 Å². The van der Waals surface area contributed by atoms with Gasteiger partial charge in [-0.05, 0) is 60.7 Å². The number of benzene rings is 3. The molecule has 0 bridgehead atoms. The molecule has 0 aromatic heterocycles. The summed E-state index contributed by atoms with van der Waals surface area (Å²) in [5.74, 6) is -0.874. The first-order valence-electron chi connectivity index (χ1n) is 13.6. The lowest BCUT2D eigenvalue weighted by Crippen LogP contribution is -2.54. The normalized spacial score (nSPS) is 12.8. The lowest BCUT2D eigenvalue weighted by Gasteiger charge is -2.34. The first kappa shape index (κ1) is 32.4. The van der Waals surface area contributed by atoms with E-state index in [1.54, 1.807) is 30.3 Å². The molecule has 41 heavy (non-hydrogen) atoms. The summed E-state index contributed by atoms with van der Waals surface area (Å²) in [6.45, 7) is 5.35. The van der Waals surface area contributed by atoms with E-state index < -0.39 is 28.5 Å². The van der Waals surface area contributed by atoms with Crippen molar-refractivity contribution < 1.29 is 18.0 Å². The fourth-order valence-electron chi connectivity index (χ4n) is 4.34. The molecule has 2 amide bonds. The molecule has 0 fully saturated rings. The van der Waals surface area contributed by atoms with Gasteiger partial charge in [-0.25, -0.2) is 8.42 Å². The zero-order chi connectivity index (χ0) is 30.2. The van der Waals surface area contributed by atoms with Crippen LogP contribution in [0.3, 0.4) is 0 Å². The Morgan fingerprint density at radius 2 is 1.59 bits per heavy atom. The van der Waals surface area contributed by atoms with Gasteiger partial charge >= 0.3 is 0 Å². The second kappa shape index (κ2) is 14.7. The highest BCUT2D eigenvalue weighted by molar-refractivity contribution is 7.92. The Hall–Kier alpha value is -3.07. The Kier molecular flexibility index (Phi) is 11.6. The fraction of sp³-hybridized carbons (Fsp3) is 0.355. The van der Waals surface area contributed by atoms with E-state index in [0.717, 1.165) is 28.1 Å².